The van der Waals surface area contributed by atoms with Crippen LogP contribution in [0.1, 0.15) is 28.4 Å². The van der Waals surface area contributed by atoms with Crippen molar-refractivity contribution in [1.82, 2.24) is 14.8 Å². The maximum Gasteiger partial charge on any atom is 0.255 e. The Balaban J connectivity index is 1.43. The zero-order valence-corrected chi connectivity index (χ0v) is 13.6. The van der Waals surface area contributed by atoms with Crippen LogP contribution in [0, 0.1) is 0 Å². The van der Waals surface area contributed by atoms with E-state index in [-0.39, 0.29) is 5.91 Å². The molecule has 2 aliphatic rings. The first-order chi connectivity index (χ1) is 11.8. The van der Waals surface area contributed by atoms with Crippen molar-refractivity contribution in [1.29, 1.82) is 0 Å². The van der Waals surface area contributed by atoms with Gasteiger partial charge in [0, 0.05) is 56.6 Å². The van der Waals surface area contributed by atoms with Crippen molar-refractivity contribution in [2.24, 2.45) is 0 Å². The molecular weight excluding hydrogens is 302 g/mol. The zero-order valence-electron chi connectivity index (χ0n) is 13.6. The number of rotatable bonds is 2. The molecule has 0 bridgehead atoms. The van der Waals surface area contributed by atoms with Gasteiger partial charge in [0.05, 0.1) is 12.2 Å². The highest BCUT2D eigenvalue weighted by Gasteiger charge is 2.30. The molecule has 0 radical (unpaired) electrons. The van der Waals surface area contributed by atoms with E-state index in [0.29, 0.717) is 11.6 Å². The van der Waals surface area contributed by atoms with Crippen LogP contribution in [-0.4, -0.2) is 53.5 Å². The summed E-state index contributed by atoms with van der Waals surface area (Å²) in [5.41, 5.74) is 1.94. The van der Waals surface area contributed by atoms with Crippen LogP contribution in [0.2, 0.25) is 0 Å². The molecule has 24 heavy (non-hydrogen) atoms. The van der Waals surface area contributed by atoms with Gasteiger partial charge in [-0.25, -0.2) is 0 Å². The van der Waals surface area contributed by atoms with Gasteiger partial charge in [-0.1, -0.05) is 18.2 Å². The molecule has 124 valence electrons. The second-order valence-corrected chi connectivity index (χ2v) is 6.26. The molecule has 3 heterocycles. The van der Waals surface area contributed by atoms with Gasteiger partial charge in [0.15, 0.2) is 0 Å². The maximum atomic E-state index is 12.5. The van der Waals surface area contributed by atoms with Crippen LogP contribution in [0.25, 0.3) is 0 Å². The predicted octanol–water partition coefficient (Wildman–Crippen LogP) is 2.36. The number of amides is 1. The number of carbonyl (C=O) groups excluding carboxylic acids is 1. The summed E-state index contributed by atoms with van der Waals surface area (Å²) in [5.74, 6) is 1.08. The zero-order chi connectivity index (χ0) is 16.4. The summed E-state index contributed by atoms with van der Waals surface area (Å²) in [6.07, 6.45) is 4.34. The third kappa shape index (κ3) is 2.87. The number of piperazine rings is 1. The van der Waals surface area contributed by atoms with Crippen LogP contribution in [0.15, 0.2) is 48.8 Å². The van der Waals surface area contributed by atoms with Crippen molar-refractivity contribution < 1.29 is 9.53 Å². The number of hydrogen-bond donors (Lipinski definition) is 0. The van der Waals surface area contributed by atoms with Crippen LogP contribution in [0.5, 0.6) is 5.75 Å². The number of carbonyl (C=O) groups is 1. The Morgan fingerprint density at radius 1 is 1.08 bits per heavy atom. The van der Waals surface area contributed by atoms with Gasteiger partial charge >= 0.3 is 0 Å². The number of pyridine rings is 1. The molecule has 1 aromatic carbocycles. The summed E-state index contributed by atoms with van der Waals surface area (Å²) in [7, 11) is 0. The quantitative estimate of drug-likeness (QED) is 0.851. The Hall–Kier alpha value is -2.40. The molecule has 0 spiro atoms. The molecule has 1 atom stereocenters. The van der Waals surface area contributed by atoms with Crippen LogP contribution in [0.4, 0.5) is 0 Å². The lowest BCUT2D eigenvalue weighted by Crippen LogP contribution is -2.50. The molecule has 1 fully saturated rings. The van der Waals surface area contributed by atoms with E-state index in [1.54, 1.807) is 12.4 Å². The SMILES string of the molecule is O=C(c1cccnc1)N1CCN(C2CCOc3ccccc32)CC1. The van der Waals surface area contributed by atoms with E-state index in [0.717, 1.165) is 45.0 Å². The first kappa shape index (κ1) is 15.1. The van der Waals surface area contributed by atoms with E-state index in [9.17, 15) is 4.79 Å². The summed E-state index contributed by atoms with van der Waals surface area (Å²) in [6.45, 7) is 4.06. The van der Waals surface area contributed by atoms with Crippen LogP contribution in [-0.2, 0) is 0 Å². The van der Waals surface area contributed by atoms with Crippen molar-refractivity contribution >= 4 is 5.91 Å². The average molecular weight is 323 g/mol. The average Bonchev–Trinajstić information content (AvgIpc) is 2.68. The van der Waals surface area contributed by atoms with Crippen molar-refractivity contribution in [2.75, 3.05) is 32.8 Å². The third-order valence-electron chi connectivity index (χ3n) is 4.88. The monoisotopic (exact) mass is 323 g/mol. The second-order valence-electron chi connectivity index (χ2n) is 6.26. The first-order valence-corrected chi connectivity index (χ1v) is 8.48. The number of hydrogen-bond acceptors (Lipinski definition) is 4. The lowest BCUT2D eigenvalue weighted by Gasteiger charge is -2.41. The lowest BCUT2D eigenvalue weighted by molar-refractivity contribution is 0.0510. The van der Waals surface area contributed by atoms with E-state index >= 15 is 0 Å². The molecule has 2 aromatic rings. The smallest absolute Gasteiger partial charge is 0.255 e. The highest BCUT2D eigenvalue weighted by molar-refractivity contribution is 5.93. The van der Waals surface area contributed by atoms with Gasteiger partial charge < -0.3 is 9.64 Å². The molecule has 5 heteroatoms. The van der Waals surface area contributed by atoms with Gasteiger partial charge in [-0.15, -0.1) is 0 Å². The Morgan fingerprint density at radius 3 is 2.71 bits per heavy atom. The third-order valence-corrected chi connectivity index (χ3v) is 4.88. The van der Waals surface area contributed by atoms with Crippen molar-refractivity contribution in [3.8, 4) is 5.75 Å². The molecule has 0 aliphatic carbocycles. The Morgan fingerprint density at radius 2 is 1.92 bits per heavy atom. The molecule has 4 rings (SSSR count). The number of ether oxygens (including phenoxy) is 1. The number of aromatic nitrogens is 1. The number of fused-ring (bicyclic) bond motifs is 1. The maximum absolute atomic E-state index is 12.5. The first-order valence-electron chi connectivity index (χ1n) is 8.48. The fourth-order valence-electron chi connectivity index (χ4n) is 3.61. The summed E-state index contributed by atoms with van der Waals surface area (Å²) in [4.78, 5) is 21.0. The van der Waals surface area contributed by atoms with Gasteiger partial charge in [-0.05, 0) is 18.2 Å². The normalized spacial score (nSPS) is 21.0. The summed E-state index contributed by atoms with van der Waals surface area (Å²) < 4.78 is 5.76. The number of benzene rings is 1. The fourth-order valence-corrected chi connectivity index (χ4v) is 3.61. The van der Waals surface area contributed by atoms with Crippen LogP contribution >= 0.6 is 0 Å². The van der Waals surface area contributed by atoms with Gasteiger partial charge in [0.2, 0.25) is 0 Å². The molecule has 0 N–H and O–H groups in total. The summed E-state index contributed by atoms with van der Waals surface area (Å²) in [6, 6.07) is 12.3. The van der Waals surface area contributed by atoms with Gasteiger partial charge in [0.1, 0.15) is 5.75 Å². The number of para-hydroxylation sites is 1. The molecule has 1 amide bonds. The summed E-state index contributed by atoms with van der Waals surface area (Å²) >= 11 is 0. The van der Waals surface area contributed by atoms with Gasteiger partial charge in [0.25, 0.3) is 5.91 Å². The molecule has 5 nitrogen and oxygen atoms in total. The lowest BCUT2D eigenvalue weighted by atomic mass is 9.98. The van der Waals surface area contributed by atoms with Gasteiger partial charge in [-0.2, -0.15) is 0 Å². The predicted molar refractivity (Wildman–Crippen MR) is 91.0 cm³/mol. The second kappa shape index (κ2) is 6.61. The molecule has 0 saturated carbocycles. The van der Waals surface area contributed by atoms with Crippen LogP contribution in [0.3, 0.4) is 0 Å². The van der Waals surface area contributed by atoms with E-state index < -0.39 is 0 Å². The van der Waals surface area contributed by atoms with Crippen molar-refractivity contribution in [3.63, 3.8) is 0 Å². The molecular formula is C19H21N3O2. The Labute approximate surface area is 141 Å². The van der Waals surface area contributed by atoms with Crippen molar-refractivity contribution in [3.05, 3.63) is 59.9 Å². The van der Waals surface area contributed by atoms with Crippen LogP contribution < -0.4 is 4.74 Å². The Bertz CT molecular complexity index is 712. The van der Waals surface area contributed by atoms with Gasteiger partial charge in [-0.3, -0.25) is 14.7 Å². The molecule has 1 saturated heterocycles. The molecule has 2 aliphatic heterocycles. The molecule has 1 unspecified atom stereocenters. The standard InChI is InChI=1S/C19H21N3O2/c23-19(15-4-3-8-20-14-15)22-11-9-21(10-12-22)17-7-13-24-18-6-2-1-5-16(17)18/h1-6,8,14,17H,7,9-13H2. The molecule has 1 aromatic heterocycles. The Kier molecular flexibility index (Phi) is 4.17. The fraction of sp³-hybridized carbons (Fsp3) is 0.368. The minimum atomic E-state index is 0.0788. The summed E-state index contributed by atoms with van der Waals surface area (Å²) in [5, 5.41) is 0. The minimum Gasteiger partial charge on any atom is -0.493 e. The van der Waals surface area contributed by atoms with E-state index in [1.807, 2.05) is 29.2 Å². The van der Waals surface area contributed by atoms with E-state index in [4.69, 9.17) is 4.74 Å². The topological polar surface area (TPSA) is 45.7 Å². The largest absolute Gasteiger partial charge is 0.493 e. The van der Waals surface area contributed by atoms with Crippen molar-refractivity contribution in [2.45, 2.75) is 12.5 Å². The van der Waals surface area contributed by atoms with E-state index in [2.05, 4.69) is 22.0 Å². The van der Waals surface area contributed by atoms with E-state index in [1.165, 1.54) is 5.56 Å². The number of nitrogens with zero attached hydrogens (tertiary/aromatic N) is 3. The highest BCUT2D eigenvalue weighted by Crippen LogP contribution is 2.36. The minimum absolute atomic E-state index is 0.0788. The highest BCUT2D eigenvalue weighted by atomic mass is 16.5.